The molecule has 82 valence electrons. The summed E-state index contributed by atoms with van der Waals surface area (Å²) < 4.78 is 5.48. The molecule has 0 saturated heterocycles. The molecule has 1 N–H and O–H groups in total. The summed E-state index contributed by atoms with van der Waals surface area (Å²) in [6.07, 6.45) is 3.49. The Morgan fingerprint density at radius 1 is 1.47 bits per heavy atom. The first-order chi connectivity index (χ1) is 7.29. The predicted molar refractivity (Wildman–Crippen MR) is 63.6 cm³/mol. The van der Waals surface area contributed by atoms with Crippen LogP contribution in [0, 0.1) is 0 Å². The summed E-state index contributed by atoms with van der Waals surface area (Å²) in [5.41, 5.74) is 2.56. The third kappa shape index (κ3) is 2.44. The summed E-state index contributed by atoms with van der Waals surface area (Å²) in [6, 6.07) is 6.95. The van der Waals surface area contributed by atoms with Crippen LogP contribution in [0.2, 0.25) is 0 Å². The SMILES string of the molecule is CCCC(C)Nc1ccc2c(c1)CCO2. The Morgan fingerprint density at radius 3 is 3.13 bits per heavy atom. The van der Waals surface area contributed by atoms with Crippen LogP contribution >= 0.6 is 0 Å². The smallest absolute Gasteiger partial charge is 0.122 e. The lowest BCUT2D eigenvalue weighted by Gasteiger charge is -2.14. The largest absolute Gasteiger partial charge is 0.493 e. The van der Waals surface area contributed by atoms with E-state index in [1.54, 1.807) is 0 Å². The van der Waals surface area contributed by atoms with Gasteiger partial charge in [-0.3, -0.25) is 0 Å². The molecular weight excluding hydrogens is 186 g/mol. The second kappa shape index (κ2) is 4.56. The van der Waals surface area contributed by atoms with Gasteiger partial charge in [-0.2, -0.15) is 0 Å². The fourth-order valence-electron chi connectivity index (χ4n) is 2.07. The Balaban J connectivity index is 2.03. The van der Waals surface area contributed by atoms with Gasteiger partial charge in [0.15, 0.2) is 0 Å². The number of anilines is 1. The van der Waals surface area contributed by atoms with Crippen molar-refractivity contribution in [2.45, 2.75) is 39.2 Å². The van der Waals surface area contributed by atoms with Crippen molar-refractivity contribution in [3.63, 3.8) is 0 Å². The minimum Gasteiger partial charge on any atom is -0.493 e. The maximum absolute atomic E-state index is 5.48. The van der Waals surface area contributed by atoms with E-state index in [1.807, 2.05) is 0 Å². The number of benzene rings is 1. The monoisotopic (exact) mass is 205 g/mol. The first-order valence-electron chi connectivity index (χ1n) is 5.82. The maximum Gasteiger partial charge on any atom is 0.122 e. The summed E-state index contributed by atoms with van der Waals surface area (Å²) in [6.45, 7) is 5.28. The lowest BCUT2D eigenvalue weighted by molar-refractivity contribution is 0.357. The molecule has 2 heteroatoms. The van der Waals surface area contributed by atoms with E-state index >= 15 is 0 Å². The first-order valence-corrected chi connectivity index (χ1v) is 5.82. The van der Waals surface area contributed by atoms with Crippen LogP contribution < -0.4 is 10.1 Å². The van der Waals surface area contributed by atoms with Gasteiger partial charge in [0, 0.05) is 18.2 Å². The molecule has 0 saturated carbocycles. The van der Waals surface area contributed by atoms with E-state index in [4.69, 9.17) is 4.74 Å². The van der Waals surface area contributed by atoms with Gasteiger partial charge in [0.05, 0.1) is 6.61 Å². The Labute approximate surface area is 91.6 Å². The third-order valence-electron chi connectivity index (χ3n) is 2.82. The van der Waals surface area contributed by atoms with Crippen LogP contribution in [0.15, 0.2) is 18.2 Å². The number of hydrogen-bond acceptors (Lipinski definition) is 2. The second-order valence-electron chi connectivity index (χ2n) is 4.26. The minimum atomic E-state index is 0.551. The number of hydrogen-bond donors (Lipinski definition) is 1. The zero-order valence-corrected chi connectivity index (χ0v) is 9.55. The Bertz CT molecular complexity index is 335. The van der Waals surface area contributed by atoms with E-state index in [0.717, 1.165) is 18.8 Å². The van der Waals surface area contributed by atoms with E-state index in [2.05, 4.69) is 37.4 Å². The first kappa shape index (κ1) is 10.3. The van der Waals surface area contributed by atoms with Crippen molar-refractivity contribution in [2.24, 2.45) is 0 Å². The molecule has 1 aliphatic heterocycles. The van der Waals surface area contributed by atoms with Gasteiger partial charge in [0.1, 0.15) is 5.75 Å². The molecule has 0 aromatic heterocycles. The Kier molecular flexibility index (Phi) is 3.14. The molecule has 0 radical (unpaired) electrons. The van der Waals surface area contributed by atoms with E-state index in [1.165, 1.54) is 24.1 Å². The summed E-state index contributed by atoms with van der Waals surface area (Å²) >= 11 is 0. The average molecular weight is 205 g/mol. The van der Waals surface area contributed by atoms with E-state index in [9.17, 15) is 0 Å². The molecule has 2 nitrogen and oxygen atoms in total. The van der Waals surface area contributed by atoms with E-state index in [0.29, 0.717) is 6.04 Å². The Morgan fingerprint density at radius 2 is 2.33 bits per heavy atom. The number of fused-ring (bicyclic) bond motifs is 1. The van der Waals surface area contributed by atoms with Gasteiger partial charge in [-0.1, -0.05) is 13.3 Å². The van der Waals surface area contributed by atoms with Crippen LogP contribution in [0.1, 0.15) is 32.3 Å². The molecule has 0 bridgehead atoms. The second-order valence-corrected chi connectivity index (χ2v) is 4.26. The van der Waals surface area contributed by atoms with Crippen molar-refractivity contribution in [3.8, 4) is 5.75 Å². The van der Waals surface area contributed by atoms with Gasteiger partial charge in [0.2, 0.25) is 0 Å². The molecule has 1 heterocycles. The normalized spacial score (nSPS) is 15.6. The van der Waals surface area contributed by atoms with E-state index < -0.39 is 0 Å². The van der Waals surface area contributed by atoms with Crippen LogP contribution in [-0.2, 0) is 6.42 Å². The summed E-state index contributed by atoms with van der Waals surface area (Å²) in [4.78, 5) is 0. The van der Waals surface area contributed by atoms with Crippen molar-refractivity contribution >= 4 is 5.69 Å². The van der Waals surface area contributed by atoms with Crippen molar-refractivity contribution < 1.29 is 4.74 Å². The molecule has 1 atom stereocenters. The summed E-state index contributed by atoms with van der Waals surface area (Å²) in [5.74, 6) is 1.06. The van der Waals surface area contributed by atoms with Crippen LogP contribution in [0.5, 0.6) is 5.75 Å². The quantitative estimate of drug-likeness (QED) is 0.815. The fourth-order valence-corrected chi connectivity index (χ4v) is 2.07. The fraction of sp³-hybridized carbons (Fsp3) is 0.538. The van der Waals surface area contributed by atoms with Gasteiger partial charge in [0.25, 0.3) is 0 Å². The third-order valence-corrected chi connectivity index (χ3v) is 2.82. The van der Waals surface area contributed by atoms with Gasteiger partial charge in [-0.25, -0.2) is 0 Å². The van der Waals surface area contributed by atoms with Crippen LogP contribution in [0.3, 0.4) is 0 Å². The van der Waals surface area contributed by atoms with Gasteiger partial charge < -0.3 is 10.1 Å². The predicted octanol–water partition coefficient (Wildman–Crippen LogP) is 3.22. The lowest BCUT2D eigenvalue weighted by Crippen LogP contribution is -2.14. The summed E-state index contributed by atoms with van der Waals surface area (Å²) in [7, 11) is 0. The van der Waals surface area contributed by atoms with Crippen molar-refractivity contribution in [2.75, 3.05) is 11.9 Å². The highest BCUT2D eigenvalue weighted by molar-refractivity contribution is 5.52. The Hall–Kier alpha value is -1.18. The molecule has 1 aromatic carbocycles. The molecule has 0 fully saturated rings. The zero-order chi connectivity index (χ0) is 10.7. The van der Waals surface area contributed by atoms with Gasteiger partial charge in [-0.05, 0) is 37.1 Å². The molecule has 1 unspecified atom stereocenters. The molecular formula is C13H19NO. The van der Waals surface area contributed by atoms with E-state index in [-0.39, 0.29) is 0 Å². The highest BCUT2D eigenvalue weighted by Crippen LogP contribution is 2.28. The molecule has 1 aliphatic rings. The molecule has 1 aromatic rings. The van der Waals surface area contributed by atoms with Gasteiger partial charge in [-0.15, -0.1) is 0 Å². The maximum atomic E-state index is 5.48. The van der Waals surface area contributed by atoms with Crippen LogP contribution in [0.25, 0.3) is 0 Å². The number of nitrogens with one attached hydrogen (secondary N) is 1. The zero-order valence-electron chi connectivity index (χ0n) is 9.55. The number of rotatable bonds is 4. The minimum absolute atomic E-state index is 0.551. The topological polar surface area (TPSA) is 21.3 Å². The molecule has 0 spiro atoms. The van der Waals surface area contributed by atoms with Crippen molar-refractivity contribution in [3.05, 3.63) is 23.8 Å². The standard InChI is InChI=1S/C13H19NO/c1-3-4-10(2)14-12-5-6-13-11(9-12)7-8-15-13/h5-6,9-10,14H,3-4,7-8H2,1-2H3. The highest BCUT2D eigenvalue weighted by atomic mass is 16.5. The molecule has 0 amide bonds. The molecule has 2 rings (SSSR count). The summed E-state index contributed by atoms with van der Waals surface area (Å²) in [5, 5.41) is 3.52. The van der Waals surface area contributed by atoms with Gasteiger partial charge >= 0.3 is 0 Å². The van der Waals surface area contributed by atoms with Crippen molar-refractivity contribution in [1.82, 2.24) is 0 Å². The lowest BCUT2D eigenvalue weighted by atomic mass is 10.1. The van der Waals surface area contributed by atoms with Crippen LogP contribution in [-0.4, -0.2) is 12.6 Å². The van der Waals surface area contributed by atoms with Crippen molar-refractivity contribution in [1.29, 1.82) is 0 Å². The molecule has 15 heavy (non-hydrogen) atoms. The highest BCUT2D eigenvalue weighted by Gasteiger charge is 2.12. The average Bonchev–Trinajstić information content (AvgIpc) is 2.65. The molecule has 0 aliphatic carbocycles. The van der Waals surface area contributed by atoms with Crippen LogP contribution in [0.4, 0.5) is 5.69 Å². The number of ether oxygens (including phenoxy) is 1.